The average molecular weight is 377 g/mol. The van der Waals surface area contributed by atoms with E-state index < -0.39 is 0 Å². The number of hydrogen-bond donors (Lipinski definition) is 2. The number of aliphatic hydroxyl groups is 1. The van der Waals surface area contributed by atoms with Crippen LogP contribution in [0.5, 0.6) is 0 Å². The van der Waals surface area contributed by atoms with E-state index in [9.17, 15) is 19.1 Å². The highest BCUT2D eigenvalue weighted by Crippen LogP contribution is 2.38. The molecule has 1 aromatic rings. The van der Waals surface area contributed by atoms with Crippen LogP contribution in [0.15, 0.2) is 18.2 Å². The van der Waals surface area contributed by atoms with Gasteiger partial charge in [-0.25, -0.2) is 4.39 Å². The molecule has 0 bridgehead atoms. The number of rotatable bonds is 5. The minimum Gasteiger partial charge on any atom is -0.395 e. The van der Waals surface area contributed by atoms with Crippen LogP contribution < -0.4 is 5.32 Å². The lowest BCUT2D eigenvalue weighted by Crippen LogP contribution is -2.55. The fourth-order valence-electron chi connectivity index (χ4n) is 4.28. The van der Waals surface area contributed by atoms with E-state index in [1.54, 1.807) is 24.0 Å². The number of anilines is 1. The zero-order valence-electron chi connectivity index (χ0n) is 15.8. The Kier molecular flexibility index (Phi) is 6.11. The molecule has 2 aliphatic rings. The fourth-order valence-corrected chi connectivity index (χ4v) is 4.28. The topological polar surface area (TPSA) is 72.9 Å². The number of carbonyl (C=O) groups is 2. The Bertz CT molecular complexity index is 712. The summed E-state index contributed by atoms with van der Waals surface area (Å²) in [5, 5.41) is 12.0. The van der Waals surface area contributed by atoms with Gasteiger partial charge in [0, 0.05) is 37.2 Å². The molecule has 1 aromatic carbocycles. The van der Waals surface area contributed by atoms with Gasteiger partial charge in [-0.3, -0.25) is 14.5 Å². The first-order valence-electron chi connectivity index (χ1n) is 9.58. The highest BCUT2D eigenvalue weighted by molar-refractivity contribution is 5.92. The lowest BCUT2D eigenvalue weighted by Gasteiger charge is -2.48. The fraction of sp³-hybridized carbons (Fsp3) is 0.600. The second kappa shape index (κ2) is 8.35. The molecule has 2 heterocycles. The number of aryl methyl sites for hydroxylation is 1. The van der Waals surface area contributed by atoms with E-state index in [1.165, 1.54) is 6.07 Å². The number of hydrogen-bond acceptors (Lipinski definition) is 4. The van der Waals surface area contributed by atoms with Crippen molar-refractivity contribution in [3.8, 4) is 0 Å². The van der Waals surface area contributed by atoms with Crippen LogP contribution in [0.3, 0.4) is 0 Å². The van der Waals surface area contributed by atoms with Crippen LogP contribution in [0.1, 0.15) is 31.2 Å². The molecule has 0 unspecified atom stereocenters. The smallest absolute Gasteiger partial charge is 0.238 e. The summed E-state index contributed by atoms with van der Waals surface area (Å²) in [5.74, 6) is -0.388. The third-order valence-corrected chi connectivity index (χ3v) is 5.68. The minimum atomic E-state index is -0.333. The highest BCUT2D eigenvalue weighted by Gasteiger charge is 2.41. The van der Waals surface area contributed by atoms with Crippen LogP contribution in [0.4, 0.5) is 10.1 Å². The third-order valence-electron chi connectivity index (χ3n) is 5.68. The first-order chi connectivity index (χ1) is 12.9. The van der Waals surface area contributed by atoms with Crippen LogP contribution in [0.2, 0.25) is 0 Å². The van der Waals surface area contributed by atoms with E-state index in [0.717, 1.165) is 32.4 Å². The molecule has 2 saturated heterocycles. The molecule has 0 saturated carbocycles. The molecule has 1 spiro atoms. The molecule has 27 heavy (non-hydrogen) atoms. The summed E-state index contributed by atoms with van der Waals surface area (Å²) in [6, 6.07) is 4.69. The van der Waals surface area contributed by atoms with Crippen molar-refractivity contribution >= 4 is 17.5 Å². The quantitative estimate of drug-likeness (QED) is 0.820. The van der Waals surface area contributed by atoms with Crippen molar-refractivity contribution in [2.45, 2.75) is 32.6 Å². The predicted molar refractivity (Wildman–Crippen MR) is 101 cm³/mol. The van der Waals surface area contributed by atoms with Crippen molar-refractivity contribution in [1.82, 2.24) is 9.80 Å². The number of likely N-dealkylation sites (tertiary alicyclic amines) is 2. The number of nitrogens with zero attached hydrogens (tertiary/aromatic N) is 2. The Morgan fingerprint density at radius 3 is 2.89 bits per heavy atom. The Labute approximate surface area is 159 Å². The molecule has 148 valence electrons. The number of aliphatic hydroxyl groups excluding tert-OH is 1. The number of halogens is 1. The number of nitrogens with one attached hydrogen (secondary N) is 1. The number of benzene rings is 1. The molecule has 2 aliphatic heterocycles. The van der Waals surface area contributed by atoms with Gasteiger partial charge in [0.2, 0.25) is 11.8 Å². The number of piperidine rings is 2. The van der Waals surface area contributed by atoms with Crippen molar-refractivity contribution in [2.24, 2.45) is 5.41 Å². The molecule has 1 atom stereocenters. The van der Waals surface area contributed by atoms with Crippen LogP contribution in [0, 0.1) is 18.2 Å². The zero-order chi connectivity index (χ0) is 19.4. The molecular weight excluding hydrogens is 349 g/mol. The van der Waals surface area contributed by atoms with Gasteiger partial charge >= 0.3 is 0 Å². The van der Waals surface area contributed by atoms with Gasteiger partial charge in [0.1, 0.15) is 5.82 Å². The molecule has 3 rings (SSSR count). The molecular formula is C20H28FN3O3. The van der Waals surface area contributed by atoms with Gasteiger partial charge in [-0.1, -0.05) is 6.07 Å². The van der Waals surface area contributed by atoms with Gasteiger partial charge in [0.05, 0.1) is 13.2 Å². The molecule has 7 heteroatoms. The predicted octanol–water partition coefficient (Wildman–Crippen LogP) is 1.77. The Hall–Kier alpha value is -1.99. The SMILES string of the molecule is Cc1ccc(NC(=O)CN2CCC[C@@]3(CCC(=O)N(CCO)C3)C2)cc1F. The van der Waals surface area contributed by atoms with Crippen molar-refractivity contribution in [2.75, 3.05) is 44.6 Å². The van der Waals surface area contributed by atoms with E-state index in [2.05, 4.69) is 10.2 Å². The van der Waals surface area contributed by atoms with Crippen molar-refractivity contribution in [3.63, 3.8) is 0 Å². The first kappa shape index (κ1) is 19.8. The van der Waals surface area contributed by atoms with E-state index in [1.807, 2.05) is 0 Å². The van der Waals surface area contributed by atoms with Crippen LogP contribution in [-0.2, 0) is 9.59 Å². The molecule has 2 N–H and O–H groups in total. The molecule has 2 fully saturated rings. The van der Waals surface area contributed by atoms with Gasteiger partial charge in [0.15, 0.2) is 0 Å². The summed E-state index contributed by atoms with van der Waals surface area (Å²) < 4.78 is 13.6. The van der Waals surface area contributed by atoms with E-state index in [4.69, 9.17) is 0 Å². The van der Waals surface area contributed by atoms with Crippen LogP contribution >= 0.6 is 0 Å². The van der Waals surface area contributed by atoms with Crippen LogP contribution in [0.25, 0.3) is 0 Å². The summed E-state index contributed by atoms with van der Waals surface area (Å²) in [6.07, 6.45) is 3.34. The second-order valence-corrected chi connectivity index (χ2v) is 7.87. The lowest BCUT2D eigenvalue weighted by molar-refractivity contribution is -0.140. The minimum absolute atomic E-state index is 0.00240. The van der Waals surface area contributed by atoms with E-state index in [0.29, 0.717) is 30.8 Å². The number of amides is 2. The maximum Gasteiger partial charge on any atom is 0.238 e. The van der Waals surface area contributed by atoms with Gasteiger partial charge < -0.3 is 15.3 Å². The molecule has 6 nitrogen and oxygen atoms in total. The summed E-state index contributed by atoms with van der Waals surface area (Å²) in [4.78, 5) is 28.3. The van der Waals surface area contributed by atoms with Gasteiger partial charge in [-0.05, 0) is 50.4 Å². The van der Waals surface area contributed by atoms with Crippen molar-refractivity contribution < 1.29 is 19.1 Å². The molecule has 0 radical (unpaired) electrons. The van der Waals surface area contributed by atoms with Gasteiger partial charge in [-0.15, -0.1) is 0 Å². The van der Waals surface area contributed by atoms with Gasteiger partial charge in [-0.2, -0.15) is 0 Å². The third kappa shape index (κ3) is 4.84. The van der Waals surface area contributed by atoms with Crippen molar-refractivity contribution in [1.29, 1.82) is 0 Å². The number of carbonyl (C=O) groups excluding carboxylic acids is 2. The first-order valence-corrected chi connectivity index (χ1v) is 9.58. The Balaban J connectivity index is 1.58. The summed E-state index contributed by atoms with van der Waals surface area (Å²) in [6.45, 7) is 4.53. The molecule has 0 aliphatic carbocycles. The summed E-state index contributed by atoms with van der Waals surface area (Å²) in [5.41, 5.74) is 1.01. The van der Waals surface area contributed by atoms with Gasteiger partial charge in [0.25, 0.3) is 0 Å². The maximum atomic E-state index is 13.6. The van der Waals surface area contributed by atoms with Crippen molar-refractivity contribution in [3.05, 3.63) is 29.6 Å². The number of β-amino-alcohol motifs (C(OH)–C–C–N with tert-alkyl or cyclic N) is 1. The van der Waals surface area contributed by atoms with E-state index in [-0.39, 0.29) is 36.2 Å². The lowest BCUT2D eigenvalue weighted by atomic mass is 9.73. The van der Waals surface area contributed by atoms with Crippen LogP contribution in [-0.4, -0.2) is 66.1 Å². The molecule has 2 amide bonds. The zero-order valence-corrected chi connectivity index (χ0v) is 15.8. The largest absolute Gasteiger partial charge is 0.395 e. The summed E-state index contributed by atoms with van der Waals surface area (Å²) >= 11 is 0. The monoisotopic (exact) mass is 377 g/mol. The normalized spacial score (nSPS) is 23.7. The molecule has 0 aromatic heterocycles. The Morgan fingerprint density at radius 2 is 2.15 bits per heavy atom. The maximum absolute atomic E-state index is 13.6. The highest BCUT2D eigenvalue weighted by atomic mass is 19.1. The van der Waals surface area contributed by atoms with E-state index >= 15 is 0 Å². The Morgan fingerprint density at radius 1 is 1.33 bits per heavy atom. The standard InChI is InChI=1S/C20H28FN3O3/c1-15-3-4-16(11-17(15)21)22-18(26)12-23-8-2-6-20(13-23)7-5-19(27)24(14-20)9-10-25/h3-4,11,25H,2,5-10,12-14H2,1H3,(H,22,26)/t20-/m1/s1. The average Bonchev–Trinajstić information content (AvgIpc) is 2.62. The second-order valence-electron chi connectivity index (χ2n) is 7.87. The summed E-state index contributed by atoms with van der Waals surface area (Å²) in [7, 11) is 0.